The van der Waals surface area contributed by atoms with Gasteiger partial charge in [0.05, 0.1) is 0 Å². The van der Waals surface area contributed by atoms with Gasteiger partial charge in [-0.25, -0.2) is 9.97 Å². The lowest BCUT2D eigenvalue weighted by Crippen LogP contribution is -2.35. The highest BCUT2D eigenvalue weighted by molar-refractivity contribution is 5.92. The van der Waals surface area contributed by atoms with Crippen molar-refractivity contribution >= 4 is 11.7 Å². The van der Waals surface area contributed by atoms with E-state index in [1.54, 1.807) is 12.1 Å². The predicted octanol–water partition coefficient (Wildman–Crippen LogP) is 2.85. The summed E-state index contributed by atoms with van der Waals surface area (Å²) in [5.41, 5.74) is 1.81. The Morgan fingerprint density at radius 3 is 2.72 bits per heavy atom. The van der Waals surface area contributed by atoms with Gasteiger partial charge >= 0.3 is 0 Å². The van der Waals surface area contributed by atoms with E-state index < -0.39 is 0 Å². The molecule has 0 aliphatic carbocycles. The van der Waals surface area contributed by atoms with Crippen LogP contribution >= 0.6 is 0 Å². The van der Waals surface area contributed by atoms with Crippen molar-refractivity contribution in [3.8, 4) is 0 Å². The zero-order chi connectivity index (χ0) is 17.5. The molecule has 2 aromatic rings. The molecule has 0 atom stereocenters. The van der Waals surface area contributed by atoms with Crippen molar-refractivity contribution in [2.75, 3.05) is 24.5 Å². The summed E-state index contributed by atoms with van der Waals surface area (Å²) in [7, 11) is 0. The molecular weight excluding hydrogens is 312 g/mol. The molecule has 1 aliphatic rings. The smallest absolute Gasteiger partial charge is 0.270 e. The molecule has 0 saturated carbocycles. The molecule has 130 valence electrons. The number of rotatable bonds is 6. The van der Waals surface area contributed by atoms with Crippen LogP contribution in [0.3, 0.4) is 0 Å². The Bertz CT molecular complexity index is 709. The Morgan fingerprint density at radius 2 is 2.00 bits per heavy atom. The summed E-state index contributed by atoms with van der Waals surface area (Å²) in [5, 5.41) is 2.75. The summed E-state index contributed by atoms with van der Waals surface area (Å²) in [4.78, 5) is 22.7. The van der Waals surface area contributed by atoms with Crippen LogP contribution in [0.25, 0.3) is 0 Å². The molecule has 3 rings (SSSR count). The third kappa shape index (κ3) is 4.66. The van der Waals surface area contributed by atoms with E-state index in [4.69, 9.17) is 0 Å². The second-order valence-electron chi connectivity index (χ2n) is 6.38. The molecule has 25 heavy (non-hydrogen) atoms. The van der Waals surface area contributed by atoms with Gasteiger partial charge in [-0.1, -0.05) is 36.4 Å². The predicted molar refractivity (Wildman–Crippen MR) is 99.6 cm³/mol. The van der Waals surface area contributed by atoms with E-state index in [0.717, 1.165) is 38.2 Å². The van der Waals surface area contributed by atoms with Crippen LogP contribution in [0.2, 0.25) is 0 Å². The average Bonchev–Trinajstić information content (AvgIpc) is 2.67. The highest BCUT2D eigenvalue weighted by Gasteiger charge is 2.21. The molecular formula is C20H24N4O. The molecule has 1 aromatic heterocycles. The standard InChI is InChI=1S/C20H24N4O/c1-2-10-21-20(25)18-14-19(23-15-22-18)24-11-8-17(9-12-24)13-16-6-4-3-5-7-16/h2-7,14-15,17H,1,8-13H2,(H,21,25). The Balaban J connectivity index is 1.57. The second kappa shape index (κ2) is 8.42. The maximum absolute atomic E-state index is 12.0. The average molecular weight is 336 g/mol. The summed E-state index contributed by atoms with van der Waals surface area (Å²) in [5.74, 6) is 1.34. The molecule has 1 aromatic carbocycles. The minimum atomic E-state index is -0.192. The van der Waals surface area contributed by atoms with Crippen molar-refractivity contribution in [3.63, 3.8) is 0 Å². The van der Waals surface area contributed by atoms with Crippen LogP contribution in [0.4, 0.5) is 5.82 Å². The number of carbonyl (C=O) groups excluding carboxylic acids is 1. The van der Waals surface area contributed by atoms with Gasteiger partial charge in [-0.3, -0.25) is 4.79 Å². The van der Waals surface area contributed by atoms with E-state index in [1.165, 1.54) is 11.9 Å². The van der Waals surface area contributed by atoms with Crippen LogP contribution in [-0.2, 0) is 6.42 Å². The zero-order valence-electron chi connectivity index (χ0n) is 14.4. The fourth-order valence-electron chi connectivity index (χ4n) is 3.21. The van der Waals surface area contributed by atoms with Crippen molar-refractivity contribution in [2.24, 2.45) is 5.92 Å². The molecule has 5 nitrogen and oxygen atoms in total. The lowest BCUT2D eigenvalue weighted by atomic mass is 9.90. The fourth-order valence-corrected chi connectivity index (χ4v) is 3.21. The SMILES string of the molecule is C=CCNC(=O)c1cc(N2CCC(Cc3ccccc3)CC2)ncn1. The Hall–Kier alpha value is -2.69. The number of benzene rings is 1. The van der Waals surface area contributed by atoms with Crippen molar-refractivity contribution in [1.82, 2.24) is 15.3 Å². The number of nitrogens with one attached hydrogen (secondary N) is 1. The quantitative estimate of drug-likeness (QED) is 0.824. The van der Waals surface area contributed by atoms with Crippen LogP contribution < -0.4 is 10.2 Å². The maximum atomic E-state index is 12.0. The molecule has 1 N–H and O–H groups in total. The lowest BCUT2D eigenvalue weighted by molar-refractivity contribution is 0.0953. The highest BCUT2D eigenvalue weighted by Crippen LogP contribution is 2.24. The van der Waals surface area contributed by atoms with Gasteiger partial charge < -0.3 is 10.2 Å². The minimum Gasteiger partial charge on any atom is -0.356 e. The monoisotopic (exact) mass is 336 g/mol. The number of hydrogen-bond donors (Lipinski definition) is 1. The second-order valence-corrected chi connectivity index (χ2v) is 6.38. The van der Waals surface area contributed by atoms with E-state index in [0.29, 0.717) is 18.2 Å². The van der Waals surface area contributed by atoms with Gasteiger partial charge in [0.25, 0.3) is 5.91 Å². The molecule has 5 heteroatoms. The Labute approximate surface area is 148 Å². The molecule has 1 saturated heterocycles. The molecule has 0 bridgehead atoms. The first-order chi connectivity index (χ1) is 12.3. The number of aromatic nitrogens is 2. The number of amides is 1. The highest BCUT2D eigenvalue weighted by atomic mass is 16.1. The fraction of sp³-hybridized carbons (Fsp3) is 0.350. The third-order valence-corrected chi connectivity index (χ3v) is 4.60. The van der Waals surface area contributed by atoms with Gasteiger partial charge in [-0.05, 0) is 30.7 Å². The maximum Gasteiger partial charge on any atom is 0.270 e. The molecule has 1 aliphatic heterocycles. The van der Waals surface area contributed by atoms with Crippen LogP contribution in [-0.4, -0.2) is 35.5 Å². The van der Waals surface area contributed by atoms with Gasteiger partial charge in [0.15, 0.2) is 0 Å². The van der Waals surface area contributed by atoms with E-state index in [-0.39, 0.29) is 5.91 Å². The molecule has 1 fully saturated rings. The molecule has 0 radical (unpaired) electrons. The van der Waals surface area contributed by atoms with Gasteiger partial charge in [-0.2, -0.15) is 0 Å². The number of nitrogens with zero attached hydrogens (tertiary/aromatic N) is 3. The van der Waals surface area contributed by atoms with Crippen molar-refractivity contribution in [2.45, 2.75) is 19.3 Å². The van der Waals surface area contributed by atoms with Gasteiger partial charge in [0.2, 0.25) is 0 Å². The molecule has 2 heterocycles. The summed E-state index contributed by atoms with van der Waals surface area (Å²) < 4.78 is 0. The van der Waals surface area contributed by atoms with E-state index in [1.807, 2.05) is 0 Å². The van der Waals surface area contributed by atoms with Crippen molar-refractivity contribution in [3.05, 3.63) is 66.6 Å². The summed E-state index contributed by atoms with van der Waals surface area (Å²) in [6.45, 7) is 5.95. The Morgan fingerprint density at radius 1 is 1.24 bits per heavy atom. The van der Waals surface area contributed by atoms with Crippen molar-refractivity contribution < 1.29 is 4.79 Å². The first-order valence-corrected chi connectivity index (χ1v) is 8.76. The molecule has 0 unspecified atom stereocenters. The van der Waals surface area contributed by atoms with Crippen molar-refractivity contribution in [1.29, 1.82) is 0 Å². The zero-order valence-corrected chi connectivity index (χ0v) is 14.4. The normalized spacial score (nSPS) is 15.0. The molecule has 0 spiro atoms. The molecule has 1 amide bonds. The first-order valence-electron chi connectivity index (χ1n) is 8.76. The number of hydrogen-bond acceptors (Lipinski definition) is 4. The summed E-state index contributed by atoms with van der Waals surface area (Å²) in [6.07, 6.45) is 6.52. The lowest BCUT2D eigenvalue weighted by Gasteiger charge is -2.33. The summed E-state index contributed by atoms with van der Waals surface area (Å²) >= 11 is 0. The third-order valence-electron chi connectivity index (χ3n) is 4.60. The Kier molecular flexibility index (Phi) is 5.77. The largest absolute Gasteiger partial charge is 0.356 e. The number of anilines is 1. The van der Waals surface area contributed by atoms with Crippen LogP contribution in [0.1, 0.15) is 28.9 Å². The van der Waals surface area contributed by atoms with Crippen LogP contribution in [0, 0.1) is 5.92 Å². The topological polar surface area (TPSA) is 58.1 Å². The van der Waals surface area contributed by atoms with E-state index >= 15 is 0 Å². The minimum absolute atomic E-state index is 0.192. The first kappa shape index (κ1) is 17.1. The van der Waals surface area contributed by atoms with Gasteiger partial charge in [0.1, 0.15) is 17.8 Å². The number of carbonyl (C=O) groups is 1. The number of piperidine rings is 1. The van der Waals surface area contributed by atoms with Gasteiger partial charge in [-0.15, -0.1) is 6.58 Å². The van der Waals surface area contributed by atoms with Crippen LogP contribution in [0.15, 0.2) is 55.4 Å². The van der Waals surface area contributed by atoms with Crippen LogP contribution in [0.5, 0.6) is 0 Å². The van der Waals surface area contributed by atoms with E-state index in [2.05, 4.69) is 57.1 Å². The van der Waals surface area contributed by atoms with E-state index in [9.17, 15) is 4.79 Å². The van der Waals surface area contributed by atoms with Gasteiger partial charge in [0, 0.05) is 25.7 Å². The summed E-state index contributed by atoms with van der Waals surface area (Å²) in [6, 6.07) is 12.4.